The number of anilines is 3. The molecule has 5 heteroatoms. The Bertz CT molecular complexity index is 768. The van der Waals surface area contributed by atoms with Crippen molar-refractivity contribution in [1.29, 1.82) is 0 Å². The van der Waals surface area contributed by atoms with Crippen LogP contribution in [0.15, 0.2) is 48.7 Å². The van der Waals surface area contributed by atoms with Gasteiger partial charge >= 0.3 is 0 Å². The van der Waals surface area contributed by atoms with Crippen molar-refractivity contribution < 1.29 is 4.74 Å². The van der Waals surface area contributed by atoms with Crippen LogP contribution in [-0.4, -0.2) is 16.6 Å². The van der Waals surface area contributed by atoms with Gasteiger partial charge in [0.15, 0.2) is 0 Å². The van der Waals surface area contributed by atoms with Gasteiger partial charge in [0, 0.05) is 17.3 Å². The van der Waals surface area contributed by atoms with E-state index in [0.717, 1.165) is 16.6 Å². The SMILES string of the molecule is CCOc1nc(Nc2cccc3ncccc23)ccc1N. The topological polar surface area (TPSA) is 73.1 Å². The molecule has 0 aliphatic rings. The Morgan fingerprint density at radius 1 is 1.14 bits per heavy atom. The van der Waals surface area contributed by atoms with Gasteiger partial charge in [-0.05, 0) is 43.3 Å². The molecule has 2 aromatic heterocycles. The molecule has 3 rings (SSSR count). The first-order chi connectivity index (χ1) is 10.3. The molecular weight excluding hydrogens is 264 g/mol. The summed E-state index contributed by atoms with van der Waals surface area (Å²) in [5, 5.41) is 4.32. The summed E-state index contributed by atoms with van der Waals surface area (Å²) in [5.41, 5.74) is 8.24. The fourth-order valence-electron chi connectivity index (χ4n) is 2.12. The van der Waals surface area contributed by atoms with Crippen LogP contribution < -0.4 is 15.8 Å². The molecule has 0 aliphatic heterocycles. The third kappa shape index (κ3) is 2.72. The van der Waals surface area contributed by atoms with Crippen LogP contribution in [0, 0.1) is 0 Å². The van der Waals surface area contributed by atoms with Crippen molar-refractivity contribution in [2.75, 3.05) is 17.7 Å². The van der Waals surface area contributed by atoms with Crippen LogP contribution in [0.1, 0.15) is 6.92 Å². The third-order valence-corrected chi connectivity index (χ3v) is 3.08. The second-order valence-electron chi connectivity index (χ2n) is 4.52. The Morgan fingerprint density at radius 3 is 2.90 bits per heavy atom. The second-order valence-corrected chi connectivity index (χ2v) is 4.52. The highest BCUT2D eigenvalue weighted by Crippen LogP contribution is 2.27. The lowest BCUT2D eigenvalue weighted by atomic mass is 10.2. The molecule has 0 aliphatic carbocycles. The van der Waals surface area contributed by atoms with Crippen molar-refractivity contribution in [2.45, 2.75) is 6.92 Å². The van der Waals surface area contributed by atoms with Crippen LogP contribution in [0.25, 0.3) is 10.9 Å². The normalized spacial score (nSPS) is 10.5. The first-order valence-corrected chi connectivity index (χ1v) is 6.78. The number of benzene rings is 1. The summed E-state index contributed by atoms with van der Waals surface area (Å²) in [7, 11) is 0. The highest BCUT2D eigenvalue weighted by Gasteiger charge is 2.06. The number of hydrogen-bond donors (Lipinski definition) is 2. The first kappa shape index (κ1) is 13.2. The lowest BCUT2D eigenvalue weighted by molar-refractivity contribution is 0.329. The van der Waals surface area contributed by atoms with E-state index in [1.54, 1.807) is 12.3 Å². The van der Waals surface area contributed by atoms with E-state index in [1.165, 1.54) is 0 Å². The summed E-state index contributed by atoms with van der Waals surface area (Å²) in [4.78, 5) is 8.72. The Labute approximate surface area is 122 Å². The average Bonchev–Trinajstić information content (AvgIpc) is 2.51. The van der Waals surface area contributed by atoms with Crippen molar-refractivity contribution in [3.63, 3.8) is 0 Å². The van der Waals surface area contributed by atoms with Crippen molar-refractivity contribution in [3.05, 3.63) is 48.7 Å². The maximum Gasteiger partial charge on any atom is 0.239 e. The fraction of sp³-hybridized carbons (Fsp3) is 0.125. The minimum Gasteiger partial charge on any atom is -0.476 e. The zero-order valence-electron chi connectivity index (χ0n) is 11.7. The van der Waals surface area contributed by atoms with Crippen LogP contribution in [0.3, 0.4) is 0 Å². The van der Waals surface area contributed by atoms with Gasteiger partial charge in [0.05, 0.1) is 17.8 Å². The number of hydrogen-bond acceptors (Lipinski definition) is 5. The first-order valence-electron chi connectivity index (χ1n) is 6.78. The van der Waals surface area contributed by atoms with Gasteiger partial charge in [-0.25, -0.2) is 0 Å². The van der Waals surface area contributed by atoms with Crippen molar-refractivity contribution in [1.82, 2.24) is 9.97 Å². The molecule has 0 atom stereocenters. The molecule has 0 radical (unpaired) electrons. The maximum atomic E-state index is 5.83. The van der Waals surface area contributed by atoms with E-state index in [4.69, 9.17) is 10.5 Å². The molecular formula is C16H16N4O. The van der Waals surface area contributed by atoms with E-state index in [9.17, 15) is 0 Å². The van der Waals surface area contributed by atoms with Gasteiger partial charge in [-0.2, -0.15) is 4.98 Å². The average molecular weight is 280 g/mol. The number of nitrogens with one attached hydrogen (secondary N) is 1. The number of fused-ring (bicyclic) bond motifs is 1. The number of nitrogens with two attached hydrogens (primary N) is 1. The smallest absolute Gasteiger partial charge is 0.239 e. The monoisotopic (exact) mass is 280 g/mol. The van der Waals surface area contributed by atoms with E-state index in [2.05, 4.69) is 15.3 Å². The van der Waals surface area contributed by atoms with Crippen molar-refractivity contribution in [2.24, 2.45) is 0 Å². The van der Waals surface area contributed by atoms with Crippen molar-refractivity contribution >= 4 is 28.1 Å². The molecule has 3 N–H and O–H groups in total. The highest BCUT2D eigenvalue weighted by molar-refractivity contribution is 5.92. The van der Waals surface area contributed by atoms with Crippen molar-refractivity contribution in [3.8, 4) is 5.88 Å². The molecule has 106 valence electrons. The van der Waals surface area contributed by atoms with Crippen LogP contribution in [-0.2, 0) is 0 Å². The van der Waals surface area contributed by atoms with Gasteiger partial charge < -0.3 is 15.8 Å². The maximum absolute atomic E-state index is 5.83. The third-order valence-electron chi connectivity index (χ3n) is 3.08. The quantitative estimate of drug-likeness (QED) is 0.766. The molecule has 0 unspecified atom stereocenters. The van der Waals surface area contributed by atoms with Crippen LogP contribution in [0.4, 0.5) is 17.2 Å². The minimum atomic E-state index is 0.445. The van der Waals surface area contributed by atoms with Gasteiger partial charge in [0.25, 0.3) is 0 Å². The second kappa shape index (κ2) is 5.66. The largest absolute Gasteiger partial charge is 0.476 e. The Balaban J connectivity index is 1.97. The number of ether oxygens (including phenoxy) is 1. The number of pyridine rings is 2. The molecule has 2 heterocycles. The van der Waals surface area contributed by atoms with E-state index >= 15 is 0 Å². The predicted octanol–water partition coefficient (Wildman–Crippen LogP) is 3.35. The molecule has 0 amide bonds. The number of aromatic nitrogens is 2. The summed E-state index contributed by atoms with van der Waals surface area (Å²) >= 11 is 0. The van der Waals surface area contributed by atoms with Gasteiger partial charge in [-0.1, -0.05) is 6.07 Å². The lowest BCUT2D eigenvalue weighted by Gasteiger charge is -2.11. The molecule has 5 nitrogen and oxygen atoms in total. The van der Waals surface area contributed by atoms with Gasteiger partial charge in [0.1, 0.15) is 5.82 Å². The lowest BCUT2D eigenvalue weighted by Crippen LogP contribution is -2.02. The van der Waals surface area contributed by atoms with Gasteiger partial charge in [-0.15, -0.1) is 0 Å². The molecule has 0 fully saturated rings. The summed E-state index contributed by atoms with van der Waals surface area (Å²) in [5.74, 6) is 1.13. The Morgan fingerprint density at radius 2 is 2.05 bits per heavy atom. The predicted molar refractivity (Wildman–Crippen MR) is 84.8 cm³/mol. The van der Waals surface area contributed by atoms with Crippen LogP contribution >= 0.6 is 0 Å². The fourth-order valence-corrected chi connectivity index (χ4v) is 2.12. The van der Waals surface area contributed by atoms with E-state index in [1.807, 2.05) is 43.3 Å². The summed E-state index contributed by atoms with van der Waals surface area (Å²) < 4.78 is 5.41. The number of nitrogens with zero attached hydrogens (tertiary/aromatic N) is 2. The number of nitrogen functional groups attached to an aromatic ring is 1. The minimum absolute atomic E-state index is 0.445. The molecule has 1 aromatic carbocycles. The number of rotatable bonds is 4. The van der Waals surface area contributed by atoms with Crippen LogP contribution in [0.5, 0.6) is 5.88 Å². The van der Waals surface area contributed by atoms with E-state index in [0.29, 0.717) is 24.0 Å². The molecule has 0 spiro atoms. The zero-order chi connectivity index (χ0) is 14.7. The Hall–Kier alpha value is -2.82. The summed E-state index contributed by atoms with van der Waals surface area (Å²) in [6.07, 6.45) is 1.78. The summed E-state index contributed by atoms with van der Waals surface area (Å²) in [6.45, 7) is 2.43. The van der Waals surface area contributed by atoms with Crippen LogP contribution in [0.2, 0.25) is 0 Å². The Kier molecular flexibility index (Phi) is 3.55. The van der Waals surface area contributed by atoms with E-state index in [-0.39, 0.29) is 0 Å². The molecule has 21 heavy (non-hydrogen) atoms. The van der Waals surface area contributed by atoms with Gasteiger partial charge in [-0.3, -0.25) is 4.98 Å². The van der Waals surface area contributed by atoms with Gasteiger partial charge in [0.2, 0.25) is 5.88 Å². The summed E-state index contributed by atoms with van der Waals surface area (Å²) in [6, 6.07) is 13.5. The molecule has 3 aromatic rings. The molecule has 0 bridgehead atoms. The standard InChI is InChI=1S/C16H16N4O/c1-2-21-16-12(17)8-9-15(20-16)19-14-7-3-6-13-11(14)5-4-10-18-13/h3-10H,2,17H2,1H3,(H,19,20). The zero-order valence-corrected chi connectivity index (χ0v) is 11.7. The van der Waals surface area contributed by atoms with E-state index < -0.39 is 0 Å². The highest BCUT2D eigenvalue weighted by atomic mass is 16.5. The molecule has 0 saturated heterocycles. The molecule has 0 saturated carbocycles.